The van der Waals surface area contributed by atoms with E-state index < -0.39 is 5.60 Å². The predicted molar refractivity (Wildman–Crippen MR) is 85.6 cm³/mol. The highest BCUT2D eigenvalue weighted by molar-refractivity contribution is 6.30. The van der Waals surface area contributed by atoms with E-state index in [1.165, 1.54) is 0 Å². The van der Waals surface area contributed by atoms with Gasteiger partial charge in [0.25, 0.3) is 5.91 Å². The minimum atomic E-state index is -1.02. The molecule has 0 spiro atoms. The first-order chi connectivity index (χ1) is 9.87. The number of halogens is 1. The van der Waals surface area contributed by atoms with Crippen molar-refractivity contribution in [1.29, 1.82) is 0 Å². The predicted octanol–water partition coefficient (Wildman–Crippen LogP) is 3.72. The van der Waals surface area contributed by atoms with Crippen molar-refractivity contribution in [3.8, 4) is 5.75 Å². The molecule has 0 fully saturated rings. The van der Waals surface area contributed by atoms with Crippen LogP contribution < -0.4 is 15.8 Å². The van der Waals surface area contributed by atoms with Gasteiger partial charge in [-0.1, -0.05) is 11.6 Å². The molecule has 110 valence electrons. The molecule has 2 aromatic carbocycles. The Labute approximate surface area is 128 Å². The Morgan fingerprint density at radius 1 is 1.10 bits per heavy atom. The zero-order chi connectivity index (χ0) is 15.5. The van der Waals surface area contributed by atoms with Crippen LogP contribution in [-0.2, 0) is 4.79 Å². The van der Waals surface area contributed by atoms with Crippen LogP contribution in [0.5, 0.6) is 5.75 Å². The quantitative estimate of drug-likeness (QED) is 0.846. The number of ether oxygens (including phenoxy) is 1. The maximum Gasteiger partial charge on any atom is 0.267 e. The summed E-state index contributed by atoms with van der Waals surface area (Å²) in [7, 11) is 0. The Balaban J connectivity index is 2.05. The van der Waals surface area contributed by atoms with Gasteiger partial charge in [-0.15, -0.1) is 0 Å². The van der Waals surface area contributed by atoms with Crippen LogP contribution in [0.3, 0.4) is 0 Å². The summed E-state index contributed by atoms with van der Waals surface area (Å²) in [5.74, 6) is 0.332. The molecule has 3 N–H and O–H groups in total. The summed E-state index contributed by atoms with van der Waals surface area (Å²) in [5.41, 5.74) is 5.90. The lowest BCUT2D eigenvalue weighted by Gasteiger charge is -2.25. The van der Waals surface area contributed by atoms with Crippen LogP contribution in [0.15, 0.2) is 48.5 Å². The average molecular weight is 305 g/mol. The summed E-state index contributed by atoms with van der Waals surface area (Å²) in [6.07, 6.45) is 0. The fourth-order valence-electron chi connectivity index (χ4n) is 1.69. The second-order valence-corrected chi connectivity index (χ2v) is 5.58. The second kappa shape index (κ2) is 6.06. The number of benzene rings is 2. The number of nitrogen functional groups attached to an aromatic ring is 1. The van der Waals surface area contributed by atoms with Gasteiger partial charge in [0.1, 0.15) is 5.75 Å². The first-order valence-corrected chi connectivity index (χ1v) is 6.86. The zero-order valence-corrected chi connectivity index (χ0v) is 12.6. The number of carbonyl (C=O) groups excluding carboxylic acids is 1. The summed E-state index contributed by atoms with van der Waals surface area (Å²) < 4.78 is 5.72. The molecular formula is C16H17ClN2O2. The summed E-state index contributed by atoms with van der Waals surface area (Å²) in [4.78, 5) is 12.3. The van der Waals surface area contributed by atoms with Gasteiger partial charge >= 0.3 is 0 Å². The van der Waals surface area contributed by atoms with Gasteiger partial charge in [0.05, 0.1) is 0 Å². The summed E-state index contributed by atoms with van der Waals surface area (Å²) in [6, 6.07) is 13.8. The topological polar surface area (TPSA) is 64.3 Å². The van der Waals surface area contributed by atoms with Crippen molar-refractivity contribution in [1.82, 2.24) is 0 Å². The lowest BCUT2D eigenvalue weighted by molar-refractivity contribution is -0.128. The van der Waals surface area contributed by atoms with E-state index in [9.17, 15) is 4.79 Å². The van der Waals surface area contributed by atoms with Gasteiger partial charge in [-0.05, 0) is 62.4 Å². The number of nitrogens with two attached hydrogens (primary N) is 1. The molecule has 0 atom stereocenters. The first kappa shape index (κ1) is 15.2. The van der Waals surface area contributed by atoms with Gasteiger partial charge in [0, 0.05) is 16.4 Å². The lowest BCUT2D eigenvalue weighted by atomic mass is 10.1. The fraction of sp³-hybridized carbons (Fsp3) is 0.188. The molecule has 2 aromatic rings. The van der Waals surface area contributed by atoms with Gasteiger partial charge in [-0.3, -0.25) is 4.79 Å². The van der Waals surface area contributed by atoms with Crippen molar-refractivity contribution >= 4 is 28.9 Å². The smallest absolute Gasteiger partial charge is 0.267 e. The molecular weight excluding hydrogens is 288 g/mol. The number of amides is 1. The van der Waals surface area contributed by atoms with E-state index in [-0.39, 0.29) is 5.91 Å². The molecule has 5 heteroatoms. The molecule has 0 radical (unpaired) electrons. The monoisotopic (exact) mass is 304 g/mol. The van der Waals surface area contributed by atoms with Gasteiger partial charge in [0.15, 0.2) is 5.60 Å². The maximum atomic E-state index is 12.3. The standard InChI is InChI=1S/C16H17ClN2O2/c1-16(2,21-14-9-3-11(17)4-10-14)15(20)19-13-7-5-12(18)6-8-13/h3-10H,18H2,1-2H3,(H,19,20). The Hall–Kier alpha value is -2.20. The number of anilines is 2. The Bertz CT molecular complexity index is 622. The SMILES string of the molecule is CC(C)(Oc1ccc(Cl)cc1)C(=O)Nc1ccc(N)cc1. The Morgan fingerprint density at radius 2 is 1.67 bits per heavy atom. The van der Waals surface area contributed by atoms with Crippen molar-refractivity contribution in [3.63, 3.8) is 0 Å². The molecule has 0 aromatic heterocycles. The van der Waals surface area contributed by atoms with Crippen LogP contribution >= 0.6 is 11.6 Å². The van der Waals surface area contributed by atoms with Gasteiger partial charge in [-0.25, -0.2) is 0 Å². The zero-order valence-electron chi connectivity index (χ0n) is 11.9. The van der Waals surface area contributed by atoms with E-state index in [2.05, 4.69) is 5.32 Å². The van der Waals surface area contributed by atoms with Crippen molar-refractivity contribution in [2.24, 2.45) is 0 Å². The van der Waals surface area contributed by atoms with Crippen molar-refractivity contribution in [3.05, 3.63) is 53.6 Å². The third-order valence-corrected chi connectivity index (χ3v) is 3.15. The molecule has 21 heavy (non-hydrogen) atoms. The lowest BCUT2D eigenvalue weighted by Crippen LogP contribution is -2.42. The highest BCUT2D eigenvalue weighted by Crippen LogP contribution is 2.22. The van der Waals surface area contributed by atoms with E-state index in [1.807, 2.05) is 0 Å². The summed E-state index contributed by atoms with van der Waals surface area (Å²) in [5, 5.41) is 3.41. The summed E-state index contributed by atoms with van der Waals surface area (Å²) in [6.45, 7) is 3.41. The van der Waals surface area contributed by atoms with E-state index in [0.717, 1.165) is 0 Å². The Kier molecular flexibility index (Phi) is 4.38. The van der Waals surface area contributed by atoms with Crippen LogP contribution in [-0.4, -0.2) is 11.5 Å². The molecule has 2 rings (SSSR count). The van der Waals surface area contributed by atoms with E-state index >= 15 is 0 Å². The first-order valence-electron chi connectivity index (χ1n) is 6.48. The normalized spacial score (nSPS) is 11.0. The van der Waals surface area contributed by atoms with Crippen LogP contribution in [0.2, 0.25) is 5.02 Å². The van der Waals surface area contributed by atoms with Gasteiger partial charge in [0.2, 0.25) is 0 Å². The highest BCUT2D eigenvalue weighted by Gasteiger charge is 2.30. The van der Waals surface area contributed by atoms with Crippen LogP contribution in [0.25, 0.3) is 0 Å². The largest absolute Gasteiger partial charge is 0.478 e. The molecule has 0 aliphatic rings. The number of hydrogen-bond donors (Lipinski definition) is 2. The van der Waals surface area contributed by atoms with Crippen LogP contribution in [0, 0.1) is 0 Å². The van der Waals surface area contributed by atoms with E-state index in [4.69, 9.17) is 22.1 Å². The highest BCUT2D eigenvalue weighted by atomic mass is 35.5. The minimum Gasteiger partial charge on any atom is -0.478 e. The number of hydrogen-bond acceptors (Lipinski definition) is 3. The van der Waals surface area contributed by atoms with E-state index in [0.29, 0.717) is 22.1 Å². The second-order valence-electron chi connectivity index (χ2n) is 5.14. The summed E-state index contributed by atoms with van der Waals surface area (Å²) >= 11 is 5.82. The average Bonchev–Trinajstić information content (AvgIpc) is 2.43. The van der Waals surface area contributed by atoms with Crippen LogP contribution in [0.1, 0.15) is 13.8 Å². The molecule has 0 unspecified atom stereocenters. The van der Waals surface area contributed by atoms with Crippen LogP contribution in [0.4, 0.5) is 11.4 Å². The van der Waals surface area contributed by atoms with Gasteiger partial charge < -0.3 is 15.8 Å². The molecule has 1 amide bonds. The molecule has 0 saturated carbocycles. The third kappa shape index (κ3) is 4.13. The number of nitrogens with one attached hydrogen (secondary N) is 1. The van der Waals surface area contributed by atoms with Gasteiger partial charge in [-0.2, -0.15) is 0 Å². The number of carbonyl (C=O) groups is 1. The maximum absolute atomic E-state index is 12.3. The molecule has 0 heterocycles. The molecule has 4 nitrogen and oxygen atoms in total. The number of rotatable bonds is 4. The van der Waals surface area contributed by atoms with Crippen molar-refractivity contribution in [2.45, 2.75) is 19.4 Å². The van der Waals surface area contributed by atoms with E-state index in [1.54, 1.807) is 62.4 Å². The fourth-order valence-corrected chi connectivity index (χ4v) is 1.82. The molecule has 0 aliphatic heterocycles. The molecule has 0 bridgehead atoms. The third-order valence-electron chi connectivity index (χ3n) is 2.90. The molecule has 0 saturated heterocycles. The molecule has 0 aliphatic carbocycles. The Morgan fingerprint density at radius 3 is 2.24 bits per heavy atom. The van der Waals surface area contributed by atoms with Crippen molar-refractivity contribution in [2.75, 3.05) is 11.1 Å². The van der Waals surface area contributed by atoms with Crippen molar-refractivity contribution < 1.29 is 9.53 Å². The minimum absolute atomic E-state index is 0.248.